The van der Waals surface area contributed by atoms with E-state index in [1.54, 1.807) is 20.9 Å². The third kappa shape index (κ3) is 15.6. The van der Waals surface area contributed by atoms with Crippen LogP contribution in [0, 0.1) is 11.8 Å². The Hall–Kier alpha value is -2.00. The van der Waals surface area contributed by atoms with E-state index in [-0.39, 0.29) is 18.2 Å². The van der Waals surface area contributed by atoms with Gasteiger partial charge in [0.15, 0.2) is 0 Å². The number of carboxylic acid groups (broad SMARTS) is 1. The van der Waals surface area contributed by atoms with E-state index in [4.69, 9.17) is 10.8 Å². The zero-order chi connectivity index (χ0) is 23.2. The summed E-state index contributed by atoms with van der Waals surface area (Å²) in [7, 11) is 1.73. The van der Waals surface area contributed by atoms with Gasteiger partial charge < -0.3 is 31.6 Å². The largest absolute Gasteiger partial charge is 0.481 e. The number of carbonyl (C=O) groups excluding carboxylic acids is 3. The number of hydrogen-bond donors (Lipinski definition) is 5. The van der Waals surface area contributed by atoms with Gasteiger partial charge in [0, 0.05) is 6.54 Å². The Labute approximate surface area is 174 Å². The molecule has 0 aliphatic carbocycles. The number of carboxylic acids is 1. The van der Waals surface area contributed by atoms with Gasteiger partial charge in [-0.05, 0) is 45.6 Å². The van der Waals surface area contributed by atoms with E-state index in [1.807, 2.05) is 27.7 Å². The number of nitrogens with two attached hydrogens (primary N) is 1. The molecule has 0 aliphatic heterocycles. The van der Waals surface area contributed by atoms with Crippen LogP contribution in [0.15, 0.2) is 0 Å². The SMILES string of the molecule is CC(C)CC(C=O)NC(=O)C(C)(C)NC(=O)C(N)CC(C)C.CNCCC(=O)O. The zero-order valence-corrected chi connectivity index (χ0v) is 18.9. The molecule has 0 rings (SSSR count). The van der Waals surface area contributed by atoms with Crippen molar-refractivity contribution in [2.45, 2.75) is 78.4 Å². The molecular weight excluding hydrogens is 376 g/mol. The smallest absolute Gasteiger partial charge is 0.304 e. The molecule has 0 saturated heterocycles. The average Bonchev–Trinajstić information content (AvgIpc) is 2.58. The summed E-state index contributed by atoms with van der Waals surface area (Å²) >= 11 is 0. The van der Waals surface area contributed by atoms with E-state index in [9.17, 15) is 19.2 Å². The van der Waals surface area contributed by atoms with E-state index >= 15 is 0 Å². The first-order chi connectivity index (χ1) is 13.3. The highest BCUT2D eigenvalue weighted by atomic mass is 16.4. The summed E-state index contributed by atoms with van der Waals surface area (Å²) in [6.45, 7) is 11.6. The maximum atomic E-state index is 12.3. The van der Waals surface area contributed by atoms with Crippen LogP contribution in [-0.2, 0) is 19.2 Å². The minimum atomic E-state index is -1.12. The third-order valence-corrected chi connectivity index (χ3v) is 3.86. The molecule has 6 N–H and O–H groups in total. The summed E-state index contributed by atoms with van der Waals surface area (Å²) in [6.07, 6.45) is 2.04. The number of amides is 2. The molecule has 0 radical (unpaired) electrons. The molecular formula is C20H40N4O5. The molecule has 0 bridgehead atoms. The Morgan fingerprint density at radius 2 is 1.59 bits per heavy atom. The van der Waals surface area contributed by atoms with Crippen LogP contribution < -0.4 is 21.7 Å². The molecule has 0 saturated carbocycles. The van der Waals surface area contributed by atoms with E-state index in [2.05, 4.69) is 16.0 Å². The van der Waals surface area contributed by atoms with Crippen LogP contribution >= 0.6 is 0 Å². The van der Waals surface area contributed by atoms with Crippen molar-refractivity contribution < 1.29 is 24.3 Å². The lowest BCUT2D eigenvalue weighted by molar-refractivity contribution is -0.136. The average molecular weight is 417 g/mol. The molecule has 29 heavy (non-hydrogen) atoms. The minimum Gasteiger partial charge on any atom is -0.481 e. The maximum absolute atomic E-state index is 12.3. The van der Waals surface area contributed by atoms with Crippen molar-refractivity contribution in [1.82, 2.24) is 16.0 Å². The van der Waals surface area contributed by atoms with E-state index in [0.717, 1.165) is 6.29 Å². The van der Waals surface area contributed by atoms with Crippen LogP contribution in [-0.4, -0.2) is 60.4 Å². The van der Waals surface area contributed by atoms with Gasteiger partial charge in [0.05, 0.1) is 18.5 Å². The van der Waals surface area contributed by atoms with Crippen LogP contribution in [0.4, 0.5) is 0 Å². The van der Waals surface area contributed by atoms with Crippen molar-refractivity contribution in [3.63, 3.8) is 0 Å². The highest BCUT2D eigenvalue weighted by molar-refractivity contribution is 5.93. The van der Waals surface area contributed by atoms with Gasteiger partial charge in [-0.2, -0.15) is 0 Å². The van der Waals surface area contributed by atoms with Gasteiger partial charge in [-0.1, -0.05) is 27.7 Å². The van der Waals surface area contributed by atoms with Crippen LogP contribution in [0.1, 0.15) is 60.8 Å². The van der Waals surface area contributed by atoms with Crippen molar-refractivity contribution in [2.24, 2.45) is 17.6 Å². The Balaban J connectivity index is 0. The highest BCUT2D eigenvalue weighted by Crippen LogP contribution is 2.09. The predicted octanol–water partition coefficient (Wildman–Crippen LogP) is 0.665. The van der Waals surface area contributed by atoms with Crippen molar-refractivity contribution in [3.8, 4) is 0 Å². The van der Waals surface area contributed by atoms with Gasteiger partial charge in [0.1, 0.15) is 11.8 Å². The molecule has 2 amide bonds. The van der Waals surface area contributed by atoms with Crippen LogP contribution in [0.5, 0.6) is 0 Å². The Bertz CT molecular complexity index is 521. The first-order valence-electron chi connectivity index (χ1n) is 9.97. The second kappa shape index (κ2) is 14.9. The van der Waals surface area contributed by atoms with Crippen LogP contribution in [0.3, 0.4) is 0 Å². The number of carbonyl (C=O) groups is 4. The summed E-state index contributed by atoms with van der Waals surface area (Å²) in [5.41, 5.74) is 4.70. The monoisotopic (exact) mass is 416 g/mol. The molecule has 9 heteroatoms. The van der Waals surface area contributed by atoms with Gasteiger partial charge in [0.2, 0.25) is 11.8 Å². The fraction of sp³-hybridized carbons (Fsp3) is 0.800. The Kier molecular flexibility index (Phi) is 15.0. The van der Waals surface area contributed by atoms with E-state index in [1.165, 1.54) is 0 Å². The lowest BCUT2D eigenvalue weighted by Crippen LogP contribution is -2.59. The summed E-state index contributed by atoms with van der Waals surface area (Å²) in [5, 5.41) is 16.0. The van der Waals surface area contributed by atoms with Gasteiger partial charge in [-0.3, -0.25) is 14.4 Å². The highest BCUT2D eigenvalue weighted by Gasteiger charge is 2.32. The molecule has 0 spiro atoms. The summed E-state index contributed by atoms with van der Waals surface area (Å²) in [6, 6.07) is -1.20. The van der Waals surface area contributed by atoms with E-state index in [0.29, 0.717) is 25.3 Å². The van der Waals surface area contributed by atoms with Crippen molar-refractivity contribution >= 4 is 24.1 Å². The van der Waals surface area contributed by atoms with Gasteiger partial charge in [-0.25, -0.2) is 0 Å². The third-order valence-electron chi connectivity index (χ3n) is 3.86. The molecule has 0 aromatic rings. The standard InChI is InChI=1S/C16H31N3O3.C4H9NO2/c1-10(2)7-12(9-20)18-15(22)16(5,6)19-14(21)13(17)8-11(3)4;1-5-3-2-4(6)7/h9-13H,7-8,17H2,1-6H3,(H,18,22)(H,19,21);5H,2-3H2,1H3,(H,6,7). The second-order valence-electron chi connectivity index (χ2n) is 8.44. The maximum Gasteiger partial charge on any atom is 0.304 e. The molecule has 9 nitrogen and oxygen atoms in total. The number of hydrogen-bond acceptors (Lipinski definition) is 6. The molecule has 2 unspecified atom stereocenters. The fourth-order valence-corrected chi connectivity index (χ4v) is 2.31. The lowest BCUT2D eigenvalue weighted by atomic mass is 9.99. The minimum absolute atomic E-state index is 0.205. The quantitative estimate of drug-likeness (QED) is 0.293. The number of rotatable bonds is 12. The van der Waals surface area contributed by atoms with Crippen LogP contribution in [0.25, 0.3) is 0 Å². The summed E-state index contributed by atoms with van der Waals surface area (Å²) in [5.74, 6) is -0.930. The summed E-state index contributed by atoms with van der Waals surface area (Å²) in [4.78, 5) is 45.1. The normalized spacial score (nSPS) is 13.2. The fourth-order valence-electron chi connectivity index (χ4n) is 2.31. The van der Waals surface area contributed by atoms with E-state index < -0.39 is 29.5 Å². The molecule has 0 heterocycles. The first kappa shape index (κ1) is 29.2. The van der Waals surface area contributed by atoms with Gasteiger partial charge in [0.25, 0.3) is 0 Å². The number of aliphatic carboxylic acids is 1. The zero-order valence-electron chi connectivity index (χ0n) is 18.9. The first-order valence-corrected chi connectivity index (χ1v) is 9.97. The lowest BCUT2D eigenvalue weighted by Gasteiger charge is -2.28. The Morgan fingerprint density at radius 3 is 1.93 bits per heavy atom. The molecule has 0 aromatic carbocycles. The Morgan fingerprint density at radius 1 is 1.07 bits per heavy atom. The number of nitrogens with one attached hydrogen (secondary N) is 3. The molecule has 0 aromatic heterocycles. The van der Waals surface area contributed by atoms with Crippen LogP contribution in [0.2, 0.25) is 0 Å². The molecule has 170 valence electrons. The molecule has 0 aliphatic rings. The molecule has 2 atom stereocenters. The van der Waals surface area contributed by atoms with Crippen molar-refractivity contribution in [2.75, 3.05) is 13.6 Å². The summed E-state index contributed by atoms with van der Waals surface area (Å²) < 4.78 is 0. The van der Waals surface area contributed by atoms with Gasteiger partial charge >= 0.3 is 5.97 Å². The van der Waals surface area contributed by atoms with Crippen molar-refractivity contribution in [3.05, 3.63) is 0 Å². The second-order valence-corrected chi connectivity index (χ2v) is 8.44. The predicted molar refractivity (Wildman–Crippen MR) is 113 cm³/mol. The van der Waals surface area contributed by atoms with Crippen molar-refractivity contribution in [1.29, 1.82) is 0 Å². The van der Waals surface area contributed by atoms with Gasteiger partial charge in [-0.15, -0.1) is 0 Å². The molecule has 0 fully saturated rings. The number of aldehydes is 1. The topological polar surface area (TPSA) is 151 Å².